The average molecular weight is 450 g/mol. The van der Waals surface area contributed by atoms with E-state index in [2.05, 4.69) is 4.98 Å². The lowest BCUT2D eigenvalue weighted by Crippen LogP contribution is -2.41. The van der Waals surface area contributed by atoms with Crippen LogP contribution in [-0.4, -0.2) is 45.0 Å². The molecule has 0 saturated carbocycles. The topological polar surface area (TPSA) is 64.4 Å². The lowest BCUT2D eigenvalue weighted by Gasteiger charge is -2.28. The Morgan fingerprint density at radius 3 is 2.53 bits per heavy atom. The van der Waals surface area contributed by atoms with Gasteiger partial charge in [0, 0.05) is 42.6 Å². The van der Waals surface area contributed by atoms with Crippen molar-refractivity contribution < 1.29 is 9.53 Å². The number of hydrogen-bond acceptors (Lipinski definition) is 5. The second-order valence-corrected chi connectivity index (χ2v) is 9.11. The zero-order chi connectivity index (χ0) is 22.5. The number of nitrogens with zero attached hydrogens (tertiary/aromatic N) is 3. The van der Waals surface area contributed by atoms with E-state index in [9.17, 15) is 9.59 Å². The van der Waals surface area contributed by atoms with Gasteiger partial charge in [-0.3, -0.25) is 14.6 Å². The maximum absolute atomic E-state index is 13.4. The van der Waals surface area contributed by atoms with Gasteiger partial charge in [0.1, 0.15) is 17.9 Å². The maximum atomic E-state index is 13.4. The molecule has 0 aliphatic carbocycles. The molecule has 1 fully saturated rings. The fraction of sp³-hybridized carbons (Fsp3) is 0.320. The first-order chi connectivity index (χ1) is 15.5. The van der Waals surface area contributed by atoms with E-state index in [4.69, 9.17) is 4.74 Å². The van der Waals surface area contributed by atoms with Gasteiger partial charge in [0.15, 0.2) is 5.43 Å². The smallest absolute Gasteiger partial charge is 0.259 e. The monoisotopic (exact) mass is 449 g/mol. The van der Waals surface area contributed by atoms with E-state index in [1.165, 1.54) is 0 Å². The first-order valence-electron chi connectivity index (χ1n) is 10.7. The van der Waals surface area contributed by atoms with Gasteiger partial charge in [-0.25, -0.2) is 0 Å². The van der Waals surface area contributed by atoms with Gasteiger partial charge in [-0.15, -0.1) is 0 Å². The molecule has 166 valence electrons. The van der Waals surface area contributed by atoms with E-state index in [1.807, 2.05) is 72.6 Å². The lowest BCUT2D eigenvalue weighted by atomic mass is 10.1. The molecule has 1 aromatic carbocycles. The number of carbonyl (C=O) groups is 1. The van der Waals surface area contributed by atoms with Gasteiger partial charge in [-0.2, -0.15) is 11.8 Å². The molecule has 3 aromatic rings. The predicted molar refractivity (Wildman–Crippen MR) is 128 cm³/mol. The van der Waals surface area contributed by atoms with Gasteiger partial charge < -0.3 is 14.2 Å². The highest BCUT2D eigenvalue weighted by atomic mass is 32.2. The predicted octanol–water partition coefficient (Wildman–Crippen LogP) is 3.68. The number of aromatic nitrogens is 2. The third-order valence-electron chi connectivity index (χ3n) is 5.58. The van der Waals surface area contributed by atoms with Gasteiger partial charge in [0.05, 0.1) is 17.9 Å². The first-order valence-corrected chi connectivity index (χ1v) is 11.9. The fourth-order valence-electron chi connectivity index (χ4n) is 3.79. The summed E-state index contributed by atoms with van der Waals surface area (Å²) in [6, 6.07) is 15.0. The summed E-state index contributed by atoms with van der Waals surface area (Å²) in [5.74, 6) is 2.25. The van der Waals surface area contributed by atoms with E-state index in [0.29, 0.717) is 31.1 Å². The summed E-state index contributed by atoms with van der Waals surface area (Å²) < 4.78 is 8.03. The molecular weight excluding hydrogens is 422 g/mol. The summed E-state index contributed by atoms with van der Waals surface area (Å²) in [4.78, 5) is 32.7. The van der Waals surface area contributed by atoms with Crippen LogP contribution in [0.15, 0.2) is 59.5 Å². The maximum Gasteiger partial charge on any atom is 0.259 e. The minimum Gasteiger partial charge on any atom is -0.487 e. The number of pyridine rings is 2. The number of ether oxygens (including phenoxy) is 1. The molecule has 32 heavy (non-hydrogen) atoms. The highest BCUT2D eigenvalue weighted by Gasteiger charge is 2.26. The van der Waals surface area contributed by atoms with Crippen LogP contribution in [0.25, 0.3) is 0 Å². The zero-order valence-corrected chi connectivity index (χ0v) is 19.2. The number of amides is 1. The largest absolute Gasteiger partial charge is 0.487 e. The number of hydrogen-bond donors (Lipinski definition) is 0. The van der Waals surface area contributed by atoms with Gasteiger partial charge in [-0.05, 0) is 38.1 Å². The van der Waals surface area contributed by atoms with E-state index < -0.39 is 0 Å². The van der Waals surface area contributed by atoms with Crippen molar-refractivity contribution in [2.24, 2.45) is 0 Å². The standard InChI is InChI=1S/C25H27N3O3S/c1-18-6-8-21(9-7-18)31-17-22-24(25(30)27-11-13-32-14-12-27)23(29)15-19(2)28(22)16-20-5-3-4-10-26-20/h3-10,15H,11-14,16-17H2,1-2H3. The highest BCUT2D eigenvalue weighted by Crippen LogP contribution is 2.20. The van der Waals surface area contributed by atoms with E-state index >= 15 is 0 Å². The summed E-state index contributed by atoms with van der Waals surface area (Å²) in [6.45, 7) is 5.77. The van der Waals surface area contributed by atoms with Crippen molar-refractivity contribution in [2.75, 3.05) is 24.6 Å². The summed E-state index contributed by atoms with van der Waals surface area (Å²) >= 11 is 1.83. The second-order valence-electron chi connectivity index (χ2n) is 7.89. The van der Waals surface area contributed by atoms with Crippen LogP contribution in [-0.2, 0) is 13.2 Å². The van der Waals surface area contributed by atoms with E-state index in [0.717, 1.165) is 28.5 Å². The molecule has 0 atom stereocenters. The first kappa shape index (κ1) is 22.1. The van der Waals surface area contributed by atoms with Gasteiger partial charge in [-0.1, -0.05) is 23.8 Å². The fourth-order valence-corrected chi connectivity index (χ4v) is 4.70. The molecule has 6 nitrogen and oxygen atoms in total. The van der Waals surface area contributed by atoms with Crippen LogP contribution >= 0.6 is 11.8 Å². The van der Waals surface area contributed by atoms with E-state index in [1.54, 1.807) is 17.2 Å². The second kappa shape index (κ2) is 10.0. The van der Waals surface area contributed by atoms with E-state index in [-0.39, 0.29) is 23.5 Å². The minimum absolute atomic E-state index is 0.122. The molecule has 1 saturated heterocycles. The third-order valence-corrected chi connectivity index (χ3v) is 6.52. The SMILES string of the molecule is Cc1ccc(OCc2c(C(=O)N3CCSCC3)c(=O)cc(C)n2Cc2ccccn2)cc1. The van der Waals surface area contributed by atoms with Crippen molar-refractivity contribution in [1.82, 2.24) is 14.5 Å². The lowest BCUT2D eigenvalue weighted by molar-refractivity contribution is 0.0766. The summed E-state index contributed by atoms with van der Waals surface area (Å²) in [5.41, 5.74) is 3.29. The summed E-state index contributed by atoms with van der Waals surface area (Å²) in [5, 5.41) is 0. The Kier molecular flexibility index (Phi) is 6.95. The molecule has 0 unspecified atom stereocenters. The average Bonchev–Trinajstić information content (AvgIpc) is 2.81. The number of carbonyl (C=O) groups excluding carboxylic acids is 1. The number of aryl methyl sites for hydroxylation is 2. The van der Waals surface area contributed by atoms with Crippen LogP contribution in [0.5, 0.6) is 5.75 Å². The van der Waals surface area contributed by atoms with Gasteiger partial charge in [0.2, 0.25) is 0 Å². The van der Waals surface area contributed by atoms with Crippen LogP contribution in [0.3, 0.4) is 0 Å². The van der Waals surface area contributed by atoms with Gasteiger partial charge >= 0.3 is 0 Å². The van der Waals surface area contributed by atoms with Crippen molar-refractivity contribution >= 4 is 17.7 Å². The minimum atomic E-state index is -0.259. The normalized spacial score (nSPS) is 13.8. The Balaban J connectivity index is 1.76. The molecule has 0 spiro atoms. The molecule has 0 N–H and O–H groups in total. The molecule has 2 aromatic heterocycles. The number of thioether (sulfide) groups is 1. The number of benzene rings is 1. The Labute approximate surface area is 192 Å². The Hall–Kier alpha value is -3.06. The Morgan fingerprint density at radius 1 is 1.09 bits per heavy atom. The molecule has 1 aliphatic heterocycles. The summed E-state index contributed by atoms with van der Waals surface area (Å²) in [6.07, 6.45) is 1.74. The summed E-state index contributed by atoms with van der Waals surface area (Å²) in [7, 11) is 0. The van der Waals surface area contributed by atoms with Crippen LogP contribution in [0.4, 0.5) is 0 Å². The quantitative estimate of drug-likeness (QED) is 0.575. The highest BCUT2D eigenvalue weighted by molar-refractivity contribution is 7.99. The van der Waals surface area contributed by atoms with Crippen LogP contribution in [0, 0.1) is 13.8 Å². The van der Waals surface area contributed by atoms with Crippen LogP contribution < -0.4 is 10.2 Å². The van der Waals surface area contributed by atoms with Crippen molar-refractivity contribution in [1.29, 1.82) is 0 Å². The molecule has 7 heteroatoms. The molecule has 1 amide bonds. The molecule has 0 radical (unpaired) electrons. The zero-order valence-electron chi connectivity index (χ0n) is 18.4. The van der Waals surface area contributed by atoms with Crippen molar-refractivity contribution in [3.8, 4) is 5.75 Å². The number of rotatable bonds is 6. The van der Waals surface area contributed by atoms with Gasteiger partial charge in [0.25, 0.3) is 5.91 Å². The third kappa shape index (κ3) is 5.05. The van der Waals surface area contributed by atoms with Crippen molar-refractivity contribution in [3.05, 3.63) is 93.2 Å². The molecule has 1 aliphatic rings. The molecule has 0 bridgehead atoms. The van der Waals surface area contributed by atoms with Crippen molar-refractivity contribution in [2.45, 2.75) is 27.0 Å². The van der Waals surface area contributed by atoms with Crippen LogP contribution in [0.1, 0.15) is 33.0 Å². The van der Waals surface area contributed by atoms with Crippen LogP contribution in [0.2, 0.25) is 0 Å². The Morgan fingerprint density at radius 2 is 1.84 bits per heavy atom. The molecule has 4 rings (SSSR count). The van der Waals surface area contributed by atoms with Crippen molar-refractivity contribution in [3.63, 3.8) is 0 Å². The Bertz CT molecular complexity index is 1140. The molecular formula is C25H27N3O3S. The molecule has 3 heterocycles.